The topological polar surface area (TPSA) is 52.7 Å². The maximum atomic E-state index is 12.4. The molecule has 23 heavy (non-hydrogen) atoms. The minimum absolute atomic E-state index is 0.207. The van der Waals surface area contributed by atoms with Crippen LogP contribution in [0, 0.1) is 0 Å². The standard InChI is InChI=1S/C18H25N3O2/c22-17-8-4-11-20(17)12-5-9-18(23)21-13-10-19-16(14-21)15-6-2-1-3-7-15/h1-3,6-7,16,19H,4-5,8-14H2/t16-/m1/s1. The first-order valence-electron chi connectivity index (χ1n) is 8.58. The van der Waals surface area contributed by atoms with Gasteiger partial charge in [-0.05, 0) is 18.4 Å². The maximum Gasteiger partial charge on any atom is 0.222 e. The third kappa shape index (κ3) is 4.10. The zero-order valence-electron chi connectivity index (χ0n) is 13.5. The van der Waals surface area contributed by atoms with Crippen LogP contribution in [0.3, 0.4) is 0 Å². The summed E-state index contributed by atoms with van der Waals surface area (Å²) in [5.41, 5.74) is 1.23. The Kier molecular flexibility index (Phi) is 5.28. The molecular formula is C18H25N3O2. The molecule has 2 aliphatic heterocycles. The lowest BCUT2D eigenvalue weighted by atomic mass is 10.0. The van der Waals surface area contributed by atoms with E-state index in [0.29, 0.717) is 12.8 Å². The van der Waals surface area contributed by atoms with Crippen molar-refractivity contribution in [2.75, 3.05) is 32.7 Å². The van der Waals surface area contributed by atoms with Gasteiger partial charge < -0.3 is 15.1 Å². The second-order valence-corrected chi connectivity index (χ2v) is 6.35. The van der Waals surface area contributed by atoms with Gasteiger partial charge in [-0.2, -0.15) is 0 Å². The molecule has 5 nitrogen and oxygen atoms in total. The number of hydrogen-bond acceptors (Lipinski definition) is 3. The van der Waals surface area contributed by atoms with Crippen LogP contribution in [0.1, 0.15) is 37.3 Å². The van der Waals surface area contributed by atoms with Crippen LogP contribution in [0.4, 0.5) is 0 Å². The lowest BCUT2D eigenvalue weighted by Gasteiger charge is -2.34. The summed E-state index contributed by atoms with van der Waals surface area (Å²) < 4.78 is 0. The van der Waals surface area contributed by atoms with Crippen LogP contribution >= 0.6 is 0 Å². The van der Waals surface area contributed by atoms with E-state index in [1.165, 1.54) is 5.56 Å². The van der Waals surface area contributed by atoms with Gasteiger partial charge in [0.1, 0.15) is 0 Å². The van der Waals surface area contributed by atoms with Gasteiger partial charge in [0.15, 0.2) is 0 Å². The molecule has 2 fully saturated rings. The van der Waals surface area contributed by atoms with Gasteiger partial charge in [-0.15, -0.1) is 0 Å². The molecule has 0 aliphatic carbocycles. The molecule has 124 valence electrons. The van der Waals surface area contributed by atoms with Crippen LogP contribution < -0.4 is 5.32 Å². The van der Waals surface area contributed by atoms with E-state index in [2.05, 4.69) is 17.4 Å². The Morgan fingerprint density at radius 3 is 2.78 bits per heavy atom. The number of likely N-dealkylation sites (tertiary alicyclic amines) is 1. The molecule has 2 aliphatic rings. The first-order valence-corrected chi connectivity index (χ1v) is 8.58. The Bertz CT molecular complexity index is 546. The molecule has 0 unspecified atom stereocenters. The number of piperazine rings is 1. The van der Waals surface area contributed by atoms with Crippen LogP contribution in [0.15, 0.2) is 30.3 Å². The fourth-order valence-electron chi connectivity index (χ4n) is 3.40. The summed E-state index contributed by atoms with van der Waals surface area (Å²) in [6.07, 6.45) is 2.93. The van der Waals surface area contributed by atoms with E-state index in [1.54, 1.807) is 0 Å². The average molecular weight is 315 g/mol. The smallest absolute Gasteiger partial charge is 0.222 e. The van der Waals surface area contributed by atoms with E-state index >= 15 is 0 Å². The van der Waals surface area contributed by atoms with Gasteiger partial charge in [-0.25, -0.2) is 0 Å². The Hall–Kier alpha value is -1.88. The van der Waals surface area contributed by atoms with E-state index < -0.39 is 0 Å². The lowest BCUT2D eigenvalue weighted by Crippen LogP contribution is -2.48. The number of rotatable bonds is 5. The van der Waals surface area contributed by atoms with Crippen molar-refractivity contribution < 1.29 is 9.59 Å². The summed E-state index contributed by atoms with van der Waals surface area (Å²) in [4.78, 5) is 27.8. The van der Waals surface area contributed by atoms with Gasteiger partial charge in [-0.1, -0.05) is 30.3 Å². The number of carbonyl (C=O) groups is 2. The number of nitrogens with one attached hydrogen (secondary N) is 1. The molecule has 2 amide bonds. The predicted octanol–water partition coefficient (Wildman–Crippen LogP) is 1.56. The van der Waals surface area contributed by atoms with Crippen LogP contribution in [-0.2, 0) is 9.59 Å². The molecule has 0 bridgehead atoms. The quantitative estimate of drug-likeness (QED) is 0.897. The van der Waals surface area contributed by atoms with Gasteiger partial charge in [-0.3, -0.25) is 9.59 Å². The fourth-order valence-corrected chi connectivity index (χ4v) is 3.40. The molecule has 0 spiro atoms. The van der Waals surface area contributed by atoms with Crippen molar-refractivity contribution in [3.8, 4) is 0 Å². The van der Waals surface area contributed by atoms with Crippen LogP contribution in [-0.4, -0.2) is 54.3 Å². The molecule has 1 aromatic carbocycles. The monoisotopic (exact) mass is 315 g/mol. The number of carbonyl (C=O) groups excluding carboxylic acids is 2. The third-order valence-electron chi connectivity index (χ3n) is 4.72. The van der Waals surface area contributed by atoms with Crippen molar-refractivity contribution in [1.29, 1.82) is 0 Å². The van der Waals surface area contributed by atoms with Crippen molar-refractivity contribution in [3.05, 3.63) is 35.9 Å². The van der Waals surface area contributed by atoms with Gasteiger partial charge in [0.25, 0.3) is 0 Å². The minimum atomic E-state index is 0.207. The van der Waals surface area contributed by atoms with Crippen LogP contribution in [0.2, 0.25) is 0 Å². The third-order valence-corrected chi connectivity index (χ3v) is 4.72. The Morgan fingerprint density at radius 2 is 2.04 bits per heavy atom. The average Bonchev–Trinajstić information content (AvgIpc) is 3.01. The minimum Gasteiger partial charge on any atom is -0.343 e. The van der Waals surface area contributed by atoms with E-state index in [9.17, 15) is 9.59 Å². The van der Waals surface area contributed by atoms with E-state index in [4.69, 9.17) is 0 Å². The van der Waals surface area contributed by atoms with Gasteiger partial charge in [0.05, 0.1) is 0 Å². The first kappa shape index (κ1) is 16.0. The second-order valence-electron chi connectivity index (χ2n) is 6.35. The molecule has 5 heteroatoms. The summed E-state index contributed by atoms with van der Waals surface area (Å²) in [6, 6.07) is 10.5. The molecule has 2 saturated heterocycles. The number of amides is 2. The summed E-state index contributed by atoms with van der Waals surface area (Å²) in [7, 11) is 0. The van der Waals surface area contributed by atoms with Gasteiger partial charge >= 0.3 is 0 Å². The highest BCUT2D eigenvalue weighted by molar-refractivity contribution is 5.78. The normalized spacial score (nSPS) is 21.7. The van der Waals surface area contributed by atoms with Crippen molar-refractivity contribution in [3.63, 3.8) is 0 Å². The van der Waals surface area contributed by atoms with Crippen molar-refractivity contribution in [2.45, 2.75) is 31.7 Å². The molecule has 1 N–H and O–H groups in total. The number of nitrogens with zero attached hydrogens (tertiary/aromatic N) is 2. The second kappa shape index (κ2) is 7.59. The highest BCUT2D eigenvalue weighted by Gasteiger charge is 2.24. The largest absolute Gasteiger partial charge is 0.343 e. The molecule has 0 radical (unpaired) electrons. The van der Waals surface area contributed by atoms with Crippen molar-refractivity contribution in [1.82, 2.24) is 15.1 Å². The molecule has 1 atom stereocenters. The van der Waals surface area contributed by atoms with E-state index in [1.807, 2.05) is 28.0 Å². The molecule has 2 heterocycles. The first-order chi connectivity index (χ1) is 11.2. The van der Waals surface area contributed by atoms with Crippen molar-refractivity contribution in [2.24, 2.45) is 0 Å². The molecular weight excluding hydrogens is 290 g/mol. The zero-order valence-corrected chi connectivity index (χ0v) is 13.5. The number of hydrogen-bond donors (Lipinski definition) is 1. The summed E-state index contributed by atoms with van der Waals surface area (Å²) in [5.74, 6) is 0.447. The summed E-state index contributed by atoms with van der Waals surface area (Å²) >= 11 is 0. The zero-order chi connectivity index (χ0) is 16.1. The highest BCUT2D eigenvalue weighted by Crippen LogP contribution is 2.18. The lowest BCUT2D eigenvalue weighted by molar-refractivity contribution is -0.133. The molecule has 1 aromatic rings. The summed E-state index contributed by atoms with van der Waals surface area (Å²) in [5, 5.41) is 3.48. The Labute approximate surface area is 137 Å². The molecule has 3 rings (SSSR count). The van der Waals surface area contributed by atoms with Crippen LogP contribution in [0.25, 0.3) is 0 Å². The Balaban J connectivity index is 1.46. The molecule has 0 aromatic heterocycles. The number of benzene rings is 1. The maximum absolute atomic E-state index is 12.4. The van der Waals surface area contributed by atoms with Crippen molar-refractivity contribution >= 4 is 11.8 Å². The summed E-state index contributed by atoms with van der Waals surface area (Å²) in [6.45, 7) is 3.90. The predicted molar refractivity (Wildman–Crippen MR) is 88.8 cm³/mol. The SMILES string of the molecule is O=C1CCCN1CCCC(=O)N1CCN[C@@H](c2ccccc2)C1. The van der Waals surface area contributed by atoms with Gasteiger partial charge in [0, 0.05) is 51.6 Å². The fraction of sp³-hybridized carbons (Fsp3) is 0.556. The van der Waals surface area contributed by atoms with E-state index in [-0.39, 0.29) is 17.9 Å². The van der Waals surface area contributed by atoms with Crippen LogP contribution in [0.5, 0.6) is 0 Å². The van der Waals surface area contributed by atoms with Gasteiger partial charge in [0.2, 0.25) is 11.8 Å². The highest BCUT2D eigenvalue weighted by atomic mass is 16.2. The Morgan fingerprint density at radius 1 is 1.22 bits per heavy atom. The van der Waals surface area contributed by atoms with E-state index in [0.717, 1.165) is 45.6 Å². The molecule has 0 saturated carbocycles.